The van der Waals surface area contributed by atoms with Gasteiger partial charge in [-0.25, -0.2) is 13.4 Å². The van der Waals surface area contributed by atoms with E-state index in [9.17, 15) is 13.2 Å². The minimum absolute atomic E-state index is 0.113. The average molecular weight is 402 g/mol. The van der Waals surface area contributed by atoms with Gasteiger partial charge in [0.1, 0.15) is 10.3 Å². The van der Waals surface area contributed by atoms with Crippen molar-refractivity contribution in [3.63, 3.8) is 0 Å². The first-order valence-corrected chi connectivity index (χ1v) is 11.1. The number of sulfonamides is 1. The number of amides is 1. The molecule has 2 rings (SSSR count). The highest BCUT2D eigenvalue weighted by atomic mass is 32.2. The number of carbonyl (C=O) groups excluding carboxylic acids is 1. The zero-order valence-corrected chi connectivity index (χ0v) is 17.3. The summed E-state index contributed by atoms with van der Waals surface area (Å²) in [7, 11) is -3.73. The number of thiazole rings is 1. The minimum atomic E-state index is -3.73. The summed E-state index contributed by atoms with van der Waals surface area (Å²) in [4.78, 5) is 17.0. The number of thiophene rings is 1. The summed E-state index contributed by atoms with van der Waals surface area (Å²) in [5, 5.41) is 6.78. The molecule has 9 heteroatoms. The maximum absolute atomic E-state index is 12.6. The van der Waals surface area contributed by atoms with E-state index < -0.39 is 22.0 Å². The number of nitrogens with zero attached hydrogens (tertiary/aromatic N) is 1. The molecule has 6 nitrogen and oxygen atoms in total. The van der Waals surface area contributed by atoms with Crippen molar-refractivity contribution in [2.75, 3.05) is 5.32 Å². The molecule has 0 fully saturated rings. The van der Waals surface area contributed by atoms with Crippen LogP contribution in [0.5, 0.6) is 0 Å². The third kappa shape index (κ3) is 5.10. The van der Waals surface area contributed by atoms with Crippen LogP contribution in [0, 0.1) is 5.92 Å². The van der Waals surface area contributed by atoms with Gasteiger partial charge in [0, 0.05) is 10.8 Å². The molecule has 1 atom stereocenters. The van der Waals surface area contributed by atoms with Crippen molar-refractivity contribution in [1.29, 1.82) is 0 Å². The first-order chi connectivity index (χ1) is 11.5. The number of hydrogen-bond donors (Lipinski definition) is 2. The van der Waals surface area contributed by atoms with Crippen molar-refractivity contribution in [3.8, 4) is 0 Å². The predicted octanol–water partition coefficient (Wildman–Crippen LogP) is 3.44. The summed E-state index contributed by atoms with van der Waals surface area (Å²) < 4.78 is 27.5. The Bertz CT molecular complexity index is 818. The number of carbonyl (C=O) groups is 1. The second kappa shape index (κ2) is 7.53. The lowest BCUT2D eigenvalue weighted by Crippen LogP contribution is -2.46. The van der Waals surface area contributed by atoms with Gasteiger partial charge in [-0.3, -0.25) is 4.79 Å². The smallest absolute Gasteiger partial charge is 0.250 e. The first-order valence-electron chi connectivity index (χ1n) is 7.83. The molecular formula is C16H23N3O3S3. The van der Waals surface area contributed by atoms with Crippen LogP contribution in [0.15, 0.2) is 27.1 Å². The standard InChI is InChI=1S/C16H23N3O3S3/c1-10(2)13(19-25(21,22)12-7-6-8-23-12)14(20)18-15-17-11(9-24-15)16(3,4)5/h6-10,13,19H,1-5H3,(H,17,18,20)/t13-/m0/s1. The Morgan fingerprint density at radius 1 is 1.24 bits per heavy atom. The summed E-state index contributed by atoms with van der Waals surface area (Å²) in [5.41, 5.74) is 0.769. The molecule has 138 valence electrons. The quantitative estimate of drug-likeness (QED) is 0.776. The minimum Gasteiger partial charge on any atom is -0.301 e. The van der Waals surface area contributed by atoms with Crippen molar-refractivity contribution in [2.24, 2.45) is 5.92 Å². The van der Waals surface area contributed by atoms with Crippen LogP contribution in [0.1, 0.15) is 40.3 Å². The largest absolute Gasteiger partial charge is 0.301 e. The zero-order valence-electron chi connectivity index (χ0n) is 14.9. The van der Waals surface area contributed by atoms with E-state index in [4.69, 9.17) is 0 Å². The van der Waals surface area contributed by atoms with E-state index >= 15 is 0 Å². The van der Waals surface area contributed by atoms with Crippen molar-refractivity contribution < 1.29 is 13.2 Å². The molecule has 0 aliphatic carbocycles. The number of rotatable bonds is 6. The molecule has 1 amide bonds. The second-order valence-corrected chi connectivity index (χ2v) is 10.8. The highest BCUT2D eigenvalue weighted by Crippen LogP contribution is 2.26. The molecule has 0 saturated heterocycles. The van der Waals surface area contributed by atoms with Crippen LogP contribution in [0.25, 0.3) is 0 Å². The summed E-state index contributed by atoms with van der Waals surface area (Å²) in [6.07, 6.45) is 0. The molecule has 0 saturated carbocycles. The zero-order chi connectivity index (χ0) is 18.8. The fraction of sp³-hybridized carbons (Fsp3) is 0.500. The highest BCUT2D eigenvalue weighted by molar-refractivity contribution is 7.91. The molecule has 0 spiro atoms. The van der Waals surface area contributed by atoms with Crippen LogP contribution in [-0.2, 0) is 20.2 Å². The average Bonchev–Trinajstić information content (AvgIpc) is 3.15. The SMILES string of the molecule is CC(C)[C@H](NS(=O)(=O)c1cccs1)C(=O)Nc1nc(C(C)(C)C)cs1. The molecule has 0 unspecified atom stereocenters. The Labute approximate surface area is 156 Å². The molecule has 25 heavy (non-hydrogen) atoms. The Kier molecular flexibility index (Phi) is 6.03. The molecule has 2 heterocycles. The summed E-state index contributed by atoms with van der Waals surface area (Å²) >= 11 is 2.44. The molecular weight excluding hydrogens is 378 g/mol. The lowest BCUT2D eigenvalue weighted by atomic mass is 9.93. The van der Waals surface area contributed by atoms with E-state index in [1.807, 2.05) is 26.2 Å². The van der Waals surface area contributed by atoms with Gasteiger partial charge in [-0.15, -0.1) is 22.7 Å². The molecule has 0 aliphatic rings. The van der Waals surface area contributed by atoms with Crippen molar-refractivity contribution in [2.45, 2.75) is 50.3 Å². The number of hydrogen-bond acceptors (Lipinski definition) is 6. The van der Waals surface area contributed by atoms with Gasteiger partial charge in [-0.2, -0.15) is 4.72 Å². The fourth-order valence-electron chi connectivity index (χ4n) is 1.99. The van der Waals surface area contributed by atoms with Crippen molar-refractivity contribution >= 4 is 43.7 Å². The van der Waals surface area contributed by atoms with E-state index in [1.54, 1.807) is 25.3 Å². The van der Waals surface area contributed by atoms with Crippen molar-refractivity contribution in [3.05, 3.63) is 28.6 Å². The first kappa shape index (κ1) is 20.0. The Hall–Kier alpha value is -1.29. The van der Waals surface area contributed by atoms with E-state index in [0.29, 0.717) is 5.13 Å². The van der Waals surface area contributed by atoms with Gasteiger partial charge in [0.05, 0.1) is 5.69 Å². The Morgan fingerprint density at radius 3 is 2.40 bits per heavy atom. The number of anilines is 1. The third-order valence-electron chi connectivity index (χ3n) is 3.49. The lowest BCUT2D eigenvalue weighted by Gasteiger charge is -2.20. The van der Waals surface area contributed by atoms with Crippen LogP contribution < -0.4 is 10.0 Å². The van der Waals surface area contributed by atoms with Gasteiger partial charge in [0.15, 0.2) is 5.13 Å². The topological polar surface area (TPSA) is 88.2 Å². The van der Waals surface area contributed by atoms with Crippen LogP contribution in [0.4, 0.5) is 5.13 Å². The van der Waals surface area contributed by atoms with Gasteiger partial charge in [-0.05, 0) is 17.4 Å². The Morgan fingerprint density at radius 2 is 1.92 bits per heavy atom. The number of nitrogens with one attached hydrogen (secondary N) is 2. The molecule has 0 bridgehead atoms. The molecule has 0 aromatic carbocycles. The molecule has 2 aromatic heterocycles. The summed E-state index contributed by atoms with van der Waals surface area (Å²) in [6.45, 7) is 9.71. The highest BCUT2D eigenvalue weighted by Gasteiger charge is 2.29. The van der Waals surface area contributed by atoms with Crippen LogP contribution in [0.3, 0.4) is 0 Å². The molecule has 2 aromatic rings. The predicted molar refractivity (Wildman–Crippen MR) is 103 cm³/mol. The maximum atomic E-state index is 12.6. The molecule has 2 N–H and O–H groups in total. The maximum Gasteiger partial charge on any atom is 0.250 e. The Balaban J connectivity index is 2.15. The lowest BCUT2D eigenvalue weighted by molar-refractivity contribution is -0.118. The number of aromatic nitrogens is 1. The van der Waals surface area contributed by atoms with E-state index in [0.717, 1.165) is 17.0 Å². The van der Waals surface area contributed by atoms with Gasteiger partial charge in [0.25, 0.3) is 10.0 Å². The van der Waals surface area contributed by atoms with Gasteiger partial charge in [0.2, 0.25) is 5.91 Å². The monoisotopic (exact) mass is 401 g/mol. The normalized spacial score (nSPS) is 13.8. The van der Waals surface area contributed by atoms with Crippen LogP contribution in [0.2, 0.25) is 0 Å². The van der Waals surface area contributed by atoms with E-state index in [-0.39, 0.29) is 15.5 Å². The summed E-state index contributed by atoms with van der Waals surface area (Å²) in [5.74, 6) is -0.623. The van der Waals surface area contributed by atoms with Crippen molar-refractivity contribution in [1.82, 2.24) is 9.71 Å². The molecule has 0 radical (unpaired) electrons. The third-order valence-corrected chi connectivity index (χ3v) is 7.09. The molecule has 0 aliphatic heterocycles. The second-order valence-electron chi connectivity index (χ2n) is 7.05. The van der Waals surface area contributed by atoms with Gasteiger partial charge < -0.3 is 5.32 Å². The van der Waals surface area contributed by atoms with Crippen LogP contribution in [-0.4, -0.2) is 25.4 Å². The summed E-state index contributed by atoms with van der Waals surface area (Å²) in [6, 6.07) is 2.29. The van der Waals surface area contributed by atoms with E-state index in [2.05, 4.69) is 15.0 Å². The van der Waals surface area contributed by atoms with E-state index in [1.165, 1.54) is 17.4 Å². The van der Waals surface area contributed by atoms with Gasteiger partial charge in [-0.1, -0.05) is 40.7 Å². The van der Waals surface area contributed by atoms with Gasteiger partial charge >= 0.3 is 0 Å². The fourth-order valence-corrected chi connectivity index (χ4v) is 5.29. The van der Waals surface area contributed by atoms with Crippen LogP contribution >= 0.6 is 22.7 Å².